The molecule has 0 saturated heterocycles. The summed E-state index contributed by atoms with van der Waals surface area (Å²) in [5.41, 5.74) is 1.79. The highest BCUT2D eigenvalue weighted by Crippen LogP contribution is 2.34. The van der Waals surface area contributed by atoms with E-state index in [1.807, 2.05) is 6.07 Å². The number of pyridine rings is 1. The maximum atomic E-state index is 12.8. The molecule has 2 aromatic carbocycles. The van der Waals surface area contributed by atoms with Crippen LogP contribution in [-0.2, 0) is 5.75 Å². The lowest BCUT2D eigenvalue weighted by molar-refractivity contribution is -0.0503. The highest BCUT2D eigenvalue weighted by atomic mass is 35.5. The van der Waals surface area contributed by atoms with Crippen molar-refractivity contribution in [3.8, 4) is 22.8 Å². The molecule has 4 aromatic rings. The van der Waals surface area contributed by atoms with Crippen LogP contribution in [0.3, 0.4) is 0 Å². The summed E-state index contributed by atoms with van der Waals surface area (Å²) >= 11 is 7.73. The third-order valence-corrected chi connectivity index (χ3v) is 6.40. The minimum atomic E-state index is -2.98. The van der Waals surface area contributed by atoms with Crippen LogP contribution in [0.4, 0.5) is 17.6 Å². The Hall–Kier alpha value is -2.76. The summed E-state index contributed by atoms with van der Waals surface area (Å²) in [5, 5.41) is 9.38. The standard InChI is InChI=1S/C22H15ClF4N4OS2/c23-15-3-8-18(32-20(24)25)14(10-15)12-33-22-30-29-19(13-2-1-9-28-11-13)31(22)16-4-6-17(7-5-16)34-21(26)27/h1-11,20-21H,12H2. The monoisotopic (exact) mass is 526 g/mol. The zero-order valence-corrected chi connectivity index (χ0v) is 19.5. The largest absolute Gasteiger partial charge is 0.435 e. The van der Waals surface area contributed by atoms with Gasteiger partial charge in [0.25, 0.3) is 5.76 Å². The summed E-state index contributed by atoms with van der Waals surface area (Å²) in [6.07, 6.45) is 3.25. The van der Waals surface area contributed by atoms with E-state index in [0.717, 1.165) is 0 Å². The molecule has 0 aliphatic heterocycles. The quantitative estimate of drug-likeness (QED) is 0.170. The van der Waals surface area contributed by atoms with Crippen LogP contribution in [-0.4, -0.2) is 32.1 Å². The fraction of sp³-hybridized carbons (Fsp3) is 0.136. The molecule has 12 heteroatoms. The Morgan fingerprint density at radius 1 is 1.00 bits per heavy atom. The number of alkyl halides is 4. The van der Waals surface area contributed by atoms with Crippen molar-refractivity contribution in [2.24, 2.45) is 0 Å². The molecule has 0 fully saturated rings. The molecule has 34 heavy (non-hydrogen) atoms. The van der Waals surface area contributed by atoms with Gasteiger partial charge < -0.3 is 4.74 Å². The van der Waals surface area contributed by atoms with Gasteiger partial charge in [-0.25, -0.2) is 0 Å². The number of hydrogen-bond acceptors (Lipinski definition) is 6. The average molecular weight is 527 g/mol. The molecule has 0 bridgehead atoms. The van der Waals surface area contributed by atoms with Crippen LogP contribution in [0.15, 0.2) is 77.0 Å². The Balaban J connectivity index is 1.69. The van der Waals surface area contributed by atoms with Gasteiger partial charge in [-0.1, -0.05) is 35.1 Å². The molecule has 4 rings (SSSR count). The molecule has 0 spiro atoms. The topological polar surface area (TPSA) is 52.8 Å². The molecule has 0 N–H and O–H groups in total. The number of rotatable bonds is 9. The summed E-state index contributed by atoms with van der Waals surface area (Å²) in [4.78, 5) is 4.53. The van der Waals surface area contributed by atoms with E-state index in [0.29, 0.717) is 49.5 Å². The van der Waals surface area contributed by atoms with Gasteiger partial charge in [0.1, 0.15) is 5.75 Å². The van der Waals surface area contributed by atoms with E-state index in [-0.39, 0.29) is 11.5 Å². The van der Waals surface area contributed by atoms with Crippen molar-refractivity contribution in [3.05, 3.63) is 77.6 Å². The fourth-order valence-electron chi connectivity index (χ4n) is 3.07. The van der Waals surface area contributed by atoms with Gasteiger partial charge in [-0.2, -0.15) is 17.6 Å². The van der Waals surface area contributed by atoms with Crippen LogP contribution in [0.5, 0.6) is 5.75 Å². The van der Waals surface area contributed by atoms with Crippen molar-refractivity contribution in [1.29, 1.82) is 0 Å². The minimum Gasteiger partial charge on any atom is -0.435 e. The maximum Gasteiger partial charge on any atom is 0.387 e. The van der Waals surface area contributed by atoms with Crippen molar-refractivity contribution in [1.82, 2.24) is 19.7 Å². The first-order valence-corrected chi connectivity index (χ1v) is 11.9. The lowest BCUT2D eigenvalue weighted by Crippen LogP contribution is -2.04. The Morgan fingerprint density at radius 3 is 2.47 bits per heavy atom. The second kappa shape index (κ2) is 11.1. The Kier molecular flexibility index (Phi) is 7.96. The van der Waals surface area contributed by atoms with E-state index in [4.69, 9.17) is 11.6 Å². The molecule has 0 aliphatic carbocycles. The molecule has 2 aromatic heterocycles. The smallest absolute Gasteiger partial charge is 0.387 e. The number of nitrogens with zero attached hydrogens (tertiary/aromatic N) is 4. The van der Waals surface area contributed by atoms with Gasteiger partial charge in [0.15, 0.2) is 11.0 Å². The van der Waals surface area contributed by atoms with E-state index in [9.17, 15) is 17.6 Å². The molecule has 5 nitrogen and oxygen atoms in total. The number of hydrogen-bond donors (Lipinski definition) is 0. The van der Waals surface area contributed by atoms with Crippen molar-refractivity contribution in [3.63, 3.8) is 0 Å². The molecular weight excluding hydrogens is 512 g/mol. The van der Waals surface area contributed by atoms with Gasteiger partial charge in [-0.05, 0) is 54.6 Å². The normalized spacial score (nSPS) is 11.4. The molecule has 0 saturated carbocycles. The van der Waals surface area contributed by atoms with Crippen LogP contribution in [0.25, 0.3) is 17.1 Å². The van der Waals surface area contributed by atoms with Crippen LogP contribution in [0.2, 0.25) is 5.02 Å². The Labute approximate surface area is 205 Å². The first kappa shape index (κ1) is 24.4. The van der Waals surface area contributed by atoms with E-state index in [2.05, 4.69) is 19.9 Å². The summed E-state index contributed by atoms with van der Waals surface area (Å²) in [6.45, 7) is -2.98. The SMILES string of the molecule is FC(F)Oc1ccc(Cl)cc1CSc1nnc(-c2cccnc2)n1-c1ccc(SC(F)F)cc1. The molecule has 0 aliphatic rings. The number of thioether (sulfide) groups is 2. The zero-order valence-electron chi connectivity index (χ0n) is 17.1. The highest BCUT2D eigenvalue weighted by Gasteiger charge is 2.18. The molecular formula is C22H15ClF4N4OS2. The van der Waals surface area contributed by atoms with Crippen molar-refractivity contribution >= 4 is 35.1 Å². The third-order valence-electron chi connectivity index (χ3n) is 4.47. The summed E-state index contributed by atoms with van der Waals surface area (Å²) in [6, 6.07) is 14.5. The molecule has 2 heterocycles. The van der Waals surface area contributed by atoms with Crippen molar-refractivity contribution < 1.29 is 22.3 Å². The lowest BCUT2D eigenvalue weighted by atomic mass is 10.2. The number of halogens is 5. The summed E-state index contributed by atoms with van der Waals surface area (Å²) in [7, 11) is 0. The number of ether oxygens (including phenoxy) is 1. The molecule has 0 radical (unpaired) electrons. The van der Waals surface area contributed by atoms with Crippen LogP contribution in [0.1, 0.15) is 5.56 Å². The minimum absolute atomic E-state index is 0.0128. The highest BCUT2D eigenvalue weighted by molar-refractivity contribution is 7.99. The Morgan fingerprint density at radius 2 is 1.79 bits per heavy atom. The predicted octanol–water partition coefficient (Wildman–Crippen LogP) is 7.19. The van der Waals surface area contributed by atoms with E-state index in [1.165, 1.54) is 23.9 Å². The first-order chi connectivity index (χ1) is 16.4. The van der Waals surface area contributed by atoms with Gasteiger partial charge in [0, 0.05) is 44.9 Å². The molecule has 176 valence electrons. The van der Waals surface area contributed by atoms with Gasteiger partial charge in [0.05, 0.1) is 0 Å². The average Bonchev–Trinajstić information content (AvgIpc) is 3.23. The Bertz CT molecular complexity index is 1240. The van der Waals surface area contributed by atoms with Gasteiger partial charge in [-0.3, -0.25) is 9.55 Å². The van der Waals surface area contributed by atoms with Gasteiger partial charge in [0.2, 0.25) is 0 Å². The lowest BCUT2D eigenvalue weighted by Gasteiger charge is -2.13. The van der Waals surface area contributed by atoms with Gasteiger partial charge >= 0.3 is 6.61 Å². The van der Waals surface area contributed by atoms with Crippen LogP contribution >= 0.6 is 35.1 Å². The zero-order chi connectivity index (χ0) is 24.1. The second-order valence-electron chi connectivity index (χ2n) is 6.67. The van der Waals surface area contributed by atoms with Crippen LogP contribution in [0, 0.1) is 0 Å². The van der Waals surface area contributed by atoms with Crippen molar-refractivity contribution in [2.45, 2.75) is 28.2 Å². The third kappa shape index (κ3) is 6.02. The fourth-order valence-corrected chi connectivity index (χ4v) is 4.69. The van der Waals surface area contributed by atoms with E-state index < -0.39 is 12.4 Å². The second-order valence-corrected chi connectivity index (χ2v) is 9.12. The van der Waals surface area contributed by atoms with Gasteiger partial charge in [-0.15, -0.1) is 10.2 Å². The van der Waals surface area contributed by atoms with Crippen molar-refractivity contribution in [2.75, 3.05) is 0 Å². The van der Waals surface area contributed by atoms with Crippen LogP contribution < -0.4 is 4.74 Å². The molecule has 0 atom stereocenters. The maximum absolute atomic E-state index is 12.8. The van der Waals surface area contributed by atoms with E-state index >= 15 is 0 Å². The van der Waals surface area contributed by atoms with E-state index in [1.54, 1.807) is 53.4 Å². The number of benzene rings is 2. The molecule has 0 unspecified atom stereocenters. The first-order valence-electron chi connectivity index (χ1n) is 9.68. The summed E-state index contributed by atoms with van der Waals surface area (Å²) in [5.74, 6) is -1.81. The number of aromatic nitrogens is 4. The molecule has 0 amide bonds. The summed E-state index contributed by atoms with van der Waals surface area (Å²) < 4.78 is 57.4. The predicted molar refractivity (Wildman–Crippen MR) is 124 cm³/mol.